The van der Waals surface area contributed by atoms with Gasteiger partial charge in [0.2, 0.25) is 0 Å². The Balaban J connectivity index is 1.95. The van der Waals surface area contributed by atoms with Crippen molar-refractivity contribution in [3.63, 3.8) is 0 Å². The lowest BCUT2D eigenvalue weighted by atomic mass is 9.71. The van der Waals surface area contributed by atoms with Gasteiger partial charge in [-0.25, -0.2) is 8.78 Å². The number of fused-ring (bicyclic) bond motifs is 3. The van der Waals surface area contributed by atoms with Crippen LogP contribution in [0.5, 0.6) is 5.75 Å². The standard InChI is InChI=1S/C40H49F2NO2/c1-37(2,3)22-40(10,11)25-16-29(30-20-26(41)21-31(42)35(30)44)36(45)34(19-25)43-32-17-23(38(4,5)6)12-14-27(32)28-15-13-24(18-33(28)43)39(7,8)9/h12-20,26,31,45H,21-22H2,1-11H3. The lowest BCUT2D eigenvalue weighted by Gasteiger charge is -2.34. The highest BCUT2D eigenvalue weighted by atomic mass is 19.1. The maximum absolute atomic E-state index is 14.8. The number of phenolic OH excluding ortho intramolecular Hbond substituents is 1. The van der Waals surface area contributed by atoms with Gasteiger partial charge in [0.05, 0.1) is 16.7 Å². The average molecular weight is 614 g/mol. The van der Waals surface area contributed by atoms with Crippen LogP contribution in [0.25, 0.3) is 33.1 Å². The van der Waals surface area contributed by atoms with Gasteiger partial charge >= 0.3 is 0 Å². The minimum atomic E-state index is -1.95. The molecule has 0 amide bonds. The van der Waals surface area contributed by atoms with Gasteiger partial charge in [0.1, 0.15) is 11.9 Å². The van der Waals surface area contributed by atoms with Crippen molar-refractivity contribution < 1.29 is 18.7 Å². The van der Waals surface area contributed by atoms with Crippen LogP contribution in [0.3, 0.4) is 0 Å². The molecule has 240 valence electrons. The van der Waals surface area contributed by atoms with Gasteiger partial charge in [-0.15, -0.1) is 0 Å². The maximum Gasteiger partial charge on any atom is 0.197 e. The second-order valence-electron chi connectivity index (χ2n) is 17.0. The van der Waals surface area contributed by atoms with Crippen LogP contribution >= 0.6 is 0 Å². The van der Waals surface area contributed by atoms with Gasteiger partial charge < -0.3 is 9.67 Å². The van der Waals surface area contributed by atoms with Crippen molar-refractivity contribution in [3.05, 3.63) is 76.9 Å². The first kappa shape index (κ1) is 32.9. The Kier molecular flexibility index (Phi) is 7.91. The summed E-state index contributed by atoms with van der Waals surface area (Å²) in [4.78, 5) is 13.2. The molecule has 0 fully saturated rings. The summed E-state index contributed by atoms with van der Waals surface area (Å²) >= 11 is 0. The molecule has 3 aromatic carbocycles. The van der Waals surface area contributed by atoms with Crippen LogP contribution in [0.1, 0.15) is 111 Å². The zero-order valence-electron chi connectivity index (χ0n) is 28.8. The van der Waals surface area contributed by atoms with Crippen molar-refractivity contribution in [1.29, 1.82) is 0 Å². The van der Waals surface area contributed by atoms with Crippen molar-refractivity contribution >= 4 is 33.2 Å². The molecule has 45 heavy (non-hydrogen) atoms. The van der Waals surface area contributed by atoms with Crippen molar-refractivity contribution in [3.8, 4) is 11.4 Å². The summed E-state index contributed by atoms with van der Waals surface area (Å²) in [6, 6.07) is 16.7. The molecular weight excluding hydrogens is 564 g/mol. The monoisotopic (exact) mass is 613 g/mol. The highest BCUT2D eigenvalue weighted by molar-refractivity contribution is 6.24. The van der Waals surface area contributed by atoms with Crippen molar-refractivity contribution in [2.75, 3.05) is 0 Å². The smallest absolute Gasteiger partial charge is 0.197 e. The fourth-order valence-electron chi connectivity index (χ4n) is 7.05. The maximum atomic E-state index is 14.8. The summed E-state index contributed by atoms with van der Waals surface area (Å²) in [5.74, 6) is -0.949. The molecule has 0 radical (unpaired) electrons. The summed E-state index contributed by atoms with van der Waals surface area (Å²) in [5.41, 5.74) is 4.93. The Morgan fingerprint density at radius 3 is 1.73 bits per heavy atom. The molecule has 5 heteroatoms. The molecule has 1 aromatic heterocycles. The van der Waals surface area contributed by atoms with Gasteiger partial charge in [0, 0.05) is 28.3 Å². The number of rotatable bonds is 4. The highest BCUT2D eigenvalue weighted by Crippen LogP contribution is 2.46. The Hall–Kier alpha value is -3.47. The Morgan fingerprint density at radius 2 is 1.27 bits per heavy atom. The van der Waals surface area contributed by atoms with Crippen LogP contribution in [0, 0.1) is 5.41 Å². The molecule has 2 unspecified atom stereocenters. The van der Waals surface area contributed by atoms with E-state index in [0.717, 1.165) is 44.9 Å². The lowest BCUT2D eigenvalue weighted by Crippen LogP contribution is -2.27. The number of ketones is 1. The van der Waals surface area contributed by atoms with E-state index in [0.29, 0.717) is 5.69 Å². The second-order valence-corrected chi connectivity index (χ2v) is 17.0. The number of halogens is 2. The number of benzene rings is 3. The molecule has 1 aliphatic rings. The number of Topliss-reactive ketones (excluding diaryl/α,β-unsaturated/α-hetero) is 1. The van der Waals surface area contributed by atoms with Crippen molar-refractivity contribution in [1.82, 2.24) is 4.57 Å². The number of aromatic hydroxyl groups is 1. The molecule has 2 atom stereocenters. The molecule has 5 rings (SSSR count). The quantitative estimate of drug-likeness (QED) is 0.249. The molecule has 1 N–H and O–H groups in total. The fraction of sp³-hybridized carbons (Fsp3) is 0.475. The van der Waals surface area contributed by atoms with Gasteiger partial charge in [0.15, 0.2) is 12.0 Å². The topological polar surface area (TPSA) is 42.2 Å². The number of hydrogen-bond donors (Lipinski definition) is 1. The zero-order valence-corrected chi connectivity index (χ0v) is 28.8. The van der Waals surface area contributed by atoms with E-state index in [-0.39, 0.29) is 38.5 Å². The number of alkyl halides is 2. The van der Waals surface area contributed by atoms with Crippen LogP contribution in [-0.4, -0.2) is 27.8 Å². The van der Waals surface area contributed by atoms with E-state index in [1.54, 1.807) is 6.07 Å². The van der Waals surface area contributed by atoms with Crippen molar-refractivity contribution in [2.24, 2.45) is 5.41 Å². The minimum absolute atomic E-state index is 0.0221. The van der Waals surface area contributed by atoms with E-state index in [4.69, 9.17) is 0 Å². The number of carbonyl (C=O) groups is 1. The van der Waals surface area contributed by atoms with Crippen molar-refractivity contribution in [2.45, 2.75) is 118 Å². The highest BCUT2D eigenvalue weighted by Gasteiger charge is 2.35. The van der Waals surface area contributed by atoms with E-state index < -0.39 is 24.5 Å². The van der Waals surface area contributed by atoms with Gasteiger partial charge in [0.25, 0.3) is 0 Å². The number of phenols is 1. The third-order valence-electron chi connectivity index (χ3n) is 9.20. The first-order valence-electron chi connectivity index (χ1n) is 16.1. The SMILES string of the molecule is CC(C)(C)CC(C)(C)c1cc(C2=CC(F)CC(F)C2=O)c(O)c(-n2c3cc(C(C)(C)C)ccc3c3ccc(C(C)(C)C)cc32)c1. The summed E-state index contributed by atoms with van der Waals surface area (Å²) in [6.07, 6.45) is -2.07. The van der Waals surface area contributed by atoms with Crippen LogP contribution in [0.2, 0.25) is 0 Å². The molecule has 0 bridgehead atoms. The summed E-state index contributed by atoms with van der Waals surface area (Å²) in [7, 11) is 0. The van der Waals surface area contributed by atoms with Gasteiger partial charge in [-0.05, 0) is 75.1 Å². The predicted octanol–water partition coefficient (Wildman–Crippen LogP) is 10.8. The first-order chi connectivity index (χ1) is 20.6. The predicted molar refractivity (Wildman–Crippen MR) is 184 cm³/mol. The molecule has 0 spiro atoms. The molecule has 0 aliphatic heterocycles. The van der Waals surface area contributed by atoms with Gasteiger partial charge in [-0.2, -0.15) is 0 Å². The first-order valence-corrected chi connectivity index (χ1v) is 16.1. The van der Waals surface area contributed by atoms with Gasteiger partial charge in [-0.3, -0.25) is 4.79 Å². The van der Waals surface area contributed by atoms with Crippen LogP contribution in [-0.2, 0) is 21.0 Å². The summed E-state index contributed by atoms with van der Waals surface area (Å²) in [5, 5.41) is 14.2. The van der Waals surface area contributed by atoms with Crippen LogP contribution in [0.4, 0.5) is 8.78 Å². The largest absolute Gasteiger partial charge is 0.505 e. The normalized spacial score (nSPS) is 18.6. The van der Waals surface area contributed by atoms with E-state index in [1.807, 2.05) is 6.07 Å². The number of aromatic nitrogens is 1. The number of nitrogens with zero attached hydrogens (tertiary/aromatic N) is 1. The van der Waals surface area contributed by atoms with Crippen LogP contribution in [0.15, 0.2) is 54.6 Å². The van der Waals surface area contributed by atoms with E-state index in [2.05, 4.69) is 117 Å². The van der Waals surface area contributed by atoms with Crippen LogP contribution < -0.4 is 0 Å². The number of hydrogen-bond acceptors (Lipinski definition) is 2. The molecule has 4 aromatic rings. The number of carbonyl (C=O) groups excluding carboxylic acids is 1. The summed E-state index contributed by atoms with van der Waals surface area (Å²) in [6.45, 7) is 23.9. The molecule has 1 heterocycles. The Labute approximate surface area is 267 Å². The summed E-state index contributed by atoms with van der Waals surface area (Å²) < 4.78 is 31.7. The lowest BCUT2D eigenvalue weighted by molar-refractivity contribution is -0.119. The fourth-order valence-corrected chi connectivity index (χ4v) is 7.05. The molecular formula is C40H49F2NO2. The average Bonchev–Trinajstić information content (AvgIpc) is 3.21. The second kappa shape index (κ2) is 10.8. The van der Waals surface area contributed by atoms with Gasteiger partial charge in [-0.1, -0.05) is 100 Å². The molecule has 0 saturated heterocycles. The van der Waals surface area contributed by atoms with E-state index in [1.165, 1.54) is 6.08 Å². The minimum Gasteiger partial charge on any atom is -0.505 e. The Morgan fingerprint density at radius 1 is 0.756 bits per heavy atom. The zero-order chi connectivity index (χ0) is 33.4. The molecule has 3 nitrogen and oxygen atoms in total. The molecule has 0 saturated carbocycles. The molecule has 1 aliphatic carbocycles. The third kappa shape index (κ3) is 6.20. The van der Waals surface area contributed by atoms with E-state index in [9.17, 15) is 18.7 Å². The van der Waals surface area contributed by atoms with E-state index >= 15 is 0 Å². The number of allylic oxidation sites excluding steroid dienone is 2. The Bertz CT molecular complexity index is 1770. The third-order valence-corrected chi connectivity index (χ3v) is 9.20.